The molecule has 6 nitrogen and oxygen atoms in total. The summed E-state index contributed by atoms with van der Waals surface area (Å²) in [5.41, 5.74) is 0.146. The van der Waals surface area contributed by atoms with Gasteiger partial charge in [-0.2, -0.15) is 20.1 Å². The van der Waals surface area contributed by atoms with E-state index in [0.717, 1.165) is 10.4 Å². The fourth-order valence-electron chi connectivity index (χ4n) is 1.28. The van der Waals surface area contributed by atoms with Gasteiger partial charge >= 0.3 is 0 Å². The normalized spacial score (nSPS) is 10.5. The van der Waals surface area contributed by atoms with Gasteiger partial charge in [-0.3, -0.25) is 0 Å². The van der Waals surface area contributed by atoms with Crippen LogP contribution in [0.25, 0.3) is 0 Å². The molecule has 0 fully saturated rings. The molecule has 1 rings (SSSR count). The van der Waals surface area contributed by atoms with Gasteiger partial charge in [0.15, 0.2) is 0 Å². The third-order valence-electron chi connectivity index (χ3n) is 2.19. The van der Waals surface area contributed by atoms with Crippen LogP contribution in [0.5, 0.6) is 0 Å². The van der Waals surface area contributed by atoms with Crippen molar-refractivity contribution in [1.29, 1.82) is 15.8 Å². The van der Waals surface area contributed by atoms with E-state index in [-0.39, 0.29) is 15.5 Å². The number of hydrogen-bond donors (Lipinski definition) is 0. The number of nitriles is 3. The Morgan fingerprint density at radius 2 is 1.74 bits per heavy atom. The third-order valence-corrected chi connectivity index (χ3v) is 4.29. The van der Waals surface area contributed by atoms with Gasteiger partial charge in [0.1, 0.15) is 19.2 Å². The van der Waals surface area contributed by atoms with Gasteiger partial charge in [-0.15, -0.1) is 0 Å². The van der Waals surface area contributed by atoms with E-state index in [0.29, 0.717) is 0 Å². The van der Waals surface area contributed by atoms with Crippen molar-refractivity contribution in [2.75, 3.05) is 13.1 Å². The summed E-state index contributed by atoms with van der Waals surface area (Å²) in [5, 5.41) is 25.9. The quantitative estimate of drug-likeness (QED) is 0.776. The van der Waals surface area contributed by atoms with Crippen molar-refractivity contribution in [2.24, 2.45) is 0 Å². The van der Waals surface area contributed by atoms with E-state index in [1.54, 1.807) is 12.1 Å². The number of sulfonamides is 1. The highest BCUT2D eigenvalue weighted by molar-refractivity contribution is 7.89. The Morgan fingerprint density at radius 3 is 2.16 bits per heavy atom. The molecule has 0 aliphatic heterocycles. The van der Waals surface area contributed by atoms with Crippen molar-refractivity contribution < 1.29 is 8.42 Å². The zero-order valence-corrected chi connectivity index (χ0v) is 11.1. The fourth-order valence-corrected chi connectivity index (χ4v) is 2.83. The molecule has 19 heavy (non-hydrogen) atoms. The van der Waals surface area contributed by atoms with Crippen LogP contribution in [0.1, 0.15) is 5.56 Å². The minimum Gasteiger partial charge on any atom is -0.207 e. The van der Waals surface area contributed by atoms with Crippen molar-refractivity contribution >= 4 is 21.6 Å². The summed E-state index contributed by atoms with van der Waals surface area (Å²) in [6.45, 7) is -0.874. The highest BCUT2D eigenvalue weighted by atomic mass is 35.5. The van der Waals surface area contributed by atoms with Crippen LogP contribution < -0.4 is 0 Å². The molecule has 0 saturated carbocycles. The van der Waals surface area contributed by atoms with E-state index >= 15 is 0 Å². The van der Waals surface area contributed by atoms with Crippen molar-refractivity contribution in [1.82, 2.24) is 4.31 Å². The summed E-state index contributed by atoms with van der Waals surface area (Å²) in [6, 6.07) is 8.76. The molecule has 0 aliphatic rings. The number of rotatable bonds is 4. The first kappa shape index (κ1) is 14.9. The van der Waals surface area contributed by atoms with E-state index < -0.39 is 23.1 Å². The molecule has 0 unspecified atom stereocenters. The van der Waals surface area contributed by atoms with E-state index in [4.69, 9.17) is 27.4 Å². The lowest BCUT2D eigenvalue weighted by Crippen LogP contribution is -2.31. The van der Waals surface area contributed by atoms with E-state index in [1.807, 2.05) is 6.07 Å². The molecule has 0 radical (unpaired) electrons. The molecule has 0 heterocycles. The molecule has 0 bridgehead atoms. The van der Waals surface area contributed by atoms with Gasteiger partial charge in [-0.25, -0.2) is 8.42 Å². The van der Waals surface area contributed by atoms with Gasteiger partial charge in [0, 0.05) is 0 Å². The summed E-state index contributed by atoms with van der Waals surface area (Å²) in [6.07, 6.45) is 0. The minimum atomic E-state index is -3.98. The largest absolute Gasteiger partial charge is 0.245 e. The second-order valence-corrected chi connectivity index (χ2v) is 5.69. The molecule has 0 atom stereocenters. The second kappa shape index (κ2) is 6.17. The molecule has 0 aliphatic carbocycles. The lowest BCUT2D eigenvalue weighted by Gasteiger charge is -2.16. The van der Waals surface area contributed by atoms with Crippen LogP contribution in [0.2, 0.25) is 5.02 Å². The molecular weight excluding hydrogens is 288 g/mol. The Bertz CT molecular complexity index is 694. The number of benzene rings is 1. The Balaban J connectivity index is 3.28. The van der Waals surface area contributed by atoms with Crippen LogP contribution in [0.4, 0.5) is 0 Å². The highest BCUT2D eigenvalue weighted by Gasteiger charge is 2.24. The van der Waals surface area contributed by atoms with Gasteiger partial charge in [0.2, 0.25) is 10.0 Å². The van der Waals surface area contributed by atoms with Crippen molar-refractivity contribution in [3.8, 4) is 18.2 Å². The van der Waals surface area contributed by atoms with Gasteiger partial charge < -0.3 is 0 Å². The number of halogens is 1. The predicted molar refractivity (Wildman–Crippen MR) is 66.2 cm³/mol. The SMILES string of the molecule is N#CCN(CC#N)S(=O)(=O)c1ccc(C#N)c(Cl)c1. The topological polar surface area (TPSA) is 109 Å². The van der Waals surface area contributed by atoms with Crippen molar-refractivity contribution in [3.63, 3.8) is 0 Å². The highest BCUT2D eigenvalue weighted by Crippen LogP contribution is 2.22. The zero-order chi connectivity index (χ0) is 14.5. The maximum Gasteiger partial charge on any atom is 0.245 e. The van der Waals surface area contributed by atoms with Gasteiger partial charge in [0.25, 0.3) is 0 Å². The standard InChI is InChI=1S/C11H7ClN4O2S/c12-11-7-10(2-1-9(11)8-15)19(17,18)16(5-3-13)6-4-14/h1-2,7H,5-6H2. The molecule has 1 aromatic rings. The van der Waals surface area contributed by atoms with E-state index in [9.17, 15) is 8.42 Å². The monoisotopic (exact) mass is 294 g/mol. The molecule has 8 heteroatoms. The molecule has 0 N–H and O–H groups in total. The molecule has 96 valence electrons. The van der Waals surface area contributed by atoms with Crippen LogP contribution in [0.15, 0.2) is 23.1 Å². The van der Waals surface area contributed by atoms with Gasteiger partial charge in [-0.05, 0) is 18.2 Å². The Kier molecular flexibility index (Phi) is 4.86. The number of hydrogen-bond acceptors (Lipinski definition) is 5. The number of nitrogens with zero attached hydrogens (tertiary/aromatic N) is 4. The molecule has 0 spiro atoms. The Labute approximate surface area is 115 Å². The summed E-state index contributed by atoms with van der Waals surface area (Å²) in [4.78, 5) is -0.165. The second-order valence-electron chi connectivity index (χ2n) is 3.34. The predicted octanol–water partition coefficient (Wildman–Crippen LogP) is 1.25. The van der Waals surface area contributed by atoms with E-state index in [1.165, 1.54) is 12.1 Å². The van der Waals surface area contributed by atoms with Gasteiger partial charge in [0.05, 0.1) is 27.6 Å². The van der Waals surface area contributed by atoms with Crippen LogP contribution in [-0.4, -0.2) is 25.8 Å². The first-order chi connectivity index (χ1) is 8.97. The van der Waals surface area contributed by atoms with Crippen LogP contribution in [0.3, 0.4) is 0 Å². The Morgan fingerprint density at radius 1 is 1.16 bits per heavy atom. The zero-order valence-electron chi connectivity index (χ0n) is 9.54. The maximum atomic E-state index is 12.1. The molecule has 0 aromatic heterocycles. The minimum absolute atomic E-state index is 0.00237. The third kappa shape index (κ3) is 3.21. The van der Waals surface area contributed by atoms with Crippen LogP contribution in [-0.2, 0) is 10.0 Å². The summed E-state index contributed by atoms with van der Waals surface area (Å²) >= 11 is 5.76. The summed E-state index contributed by atoms with van der Waals surface area (Å²) in [7, 11) is -3.98. The first-order valence-electron chi connectivity index (χ1n) is 4.91. The van der Waals surface area contributed by atoms with E-state index in [2.05, 4.69) is 0 Å². The van der Waals surface area contributed by atoms with Crippen LogP contribution in [0, 0.1) is 34.0 Å². The molecule has 0 saturated heterocycles. The van der Waals surface area contributed by atoms with Crippen LogP contribution >= 0.6 is 11.6 Å². The smallest absolute Gasteiger partial charge is 0.207 e. The lowest BCUT2D eigenvalue weighted by atomic mass is 10.2. The molecular formula is C11H7ClN4O2S. The van der Waals surface area contributed by atoms with Crippen molar-refractivity contribution in [2.45, 2.75) is 4.90 Å². The fraction of sp³-hybridized carbons (Fsp3) is 0.182. The van der Waals surface area contributed by atoms with Gasteiger partial charge in [-0.1, -0.05) is 11.6 Å². The average Bonchev–Trinajstić information content (AvgIpc) is 2.38. The summed E-state index contributed by atoms with van der Waals surface area (Å²) in [5.74, 6) is 0. The summed E-state index contributed by atoms with van der Waals surface area (Å²) < 4.78 is 25.0. The van der Waals surface area contributed by atoms with Crippen molar-refractivity contribution in [3.05, 3.63) is 28.8 Å². The molecule has 0 amide bonds. The molecule has 1 aromatic carbocycles. The lowest BCUT2D eigenvalue weighted by molar-refractivity contribution is 0.479. The average molecular weight is 295 g/mol. The Hall–Kier alpha value is -2.11. The first-order valence-corrected chi connectivity index (χ1v) is 6.73. The maximum absolute atomic E-state index is 12.1.